The van der Waals surface area contributed by atoms with Crippen molar-refractivity contribution in [3.63, 3.8) is 0 Å². The van der Waals surface area contributed by atoms with Crippen LogP contribution in [0.25, 0.3) is 11.1 Å². The van der Waals surface area contributed by atoms with Gasteiger partial charge in [0.15, 0.2) is 6.10 Å². The number of rotatable bonds is 9. The molecule has 1 unspecified atom stereocenters. The summed E-state index contributed by atoms with van der Waals surface area (Å²) in [5.41, 5.74) is 5.52. The van der Waals surface area contributed by atoms with Crippen LogP contribution in [-0.2, 0) is 16.1 Å². The van der Waals surface area contributed by atoms with E-state index in [-0.39, 0.29) is 5.41 Å². The molecule has 0 aliphatic carbocycles. The van der Waals surface area contributed by atoms with Crippen LogP contribution < -0.4 is 14.4 Å². The molecule has 0 spiro atoms. The van der Waals surface area contributed by atoms with E-state index >= 15 is 0 Å². The number of carboxylic acid groups (broad SMARTS) is 1. The second-order valence-electron chi connectivity index (χ2n) is 12.6. The summed E-state index contributed by atoms with van der Waals surface area (Å²) in [5.74, 6) is 0.509. The number of aryl methyl sites for hydroxylation is 2. The second kappa shape index (κ2) is 12.1. The van der Waals surface area contributed by atoms with Crippen molar-refractivity contribution >= 4 is 11.7 Å². The van der Waals surface area contributed by atoms with Gasteiger partial charge in [-0.25, -0.2) is 4.79 Å². The Morgan fingerprint density at radius 2 is 1.66 bits per heavy atom. The summed E-state index contributed by atoms with van der Waals surface area (Å²) in [4.78, 5) is 19.9. The van der Waals surface area contributed by atoms with Gasteiger partial charge in [0.2, 0.25) is 0 Å². The lowest BCUT2D eigenvalue weighted by atomic mass is 9.82. The first kappa shape index (κ1) is 30.4. The first-order chi connectivity index (χ1) is 19.3. The van der Waals surface area contributed by atoms with E-state index in [9.17, 15) is 9.90 Å². The van der Waals surface area contributed by atoms with Crippen LogP contribution >= 0.6 is 0 Å². The van der Waals surface area contributed by atoms with Gasteiger partial charge in [-0.2, -0.15) is 0 Å². The Morgan fingerprint density at radius 1 is 1.02 bits per heavy atom. The van der Waals surface area contributed by atoms with E-state index < -0.39 is 17.7 Å². The summed E-state index contributed by atoms with van der Waals surface area (Å²) in [7, 11) is 1.65. The Labute approximate surface area is 244 Å². The standard InChI is InChI=1S/C34H44N2O5/c1-22-28(24-13-15-26(16-14-24)40-21-25-11-9-10-12-27(25)39-8)30(36-19-17-34(6,7)18-20-36)29(23(2)35-22)31(32(37)38)41-33(3,4)5/h9-16,31H,17-21H2,1-8H3,(H,37,38). The quantitative estimate of drug-likeness (QED) is 0.290. The highest BCUT2D eigenvalue weighted by Crippen LogP contribution is 2.45. The number of hydrogen-bond acceptors (Lipinski definition) is 6. The number of carboxylic acids is 1. The zero-order valence-electron chi connectivity index (χ0n) is 25.7. The fourth-order valence-electron chi connectivity index (χ4n) is 5.46. The molecule has 0 bridgehead atoms. The molecule has 1 aliphatic rings. The summed E-state index contributed by atoms with van der Waals surface area (Å²) >= 11 is 0. The predicted molar refractivity (Wildman–Crippen MR) is 163 cm³/mol. The van der Waals surface area contributed by atoms with E-state index in [4.69, 9.17) is 19.2 Å². The smallest absolute Gasteiger partial charge is 0.337 e. The molecule has 0 radical (unpaired) electrons. The van der Waals surface area contributed by atoms with Crippen LogP contribution in [0.1, 0.15) is 76.1 Å². The van der Waals surface area contributed by atoms with Crippen LogP contribution in [0, 0.1) is 19.3 Å². The van der Waals surface area contributed by atoms with E-state index in [1.54, 1.807) is 7.11 Å². The van der Waals surface area contributed by atoms with Gasteiger partial charge in [-0.1, -0.05) is 44.2 Å². The van der Waals surface area contributed by atoms with E-state index in [1.165, 1.54) is 0 Å². The van der Waals surface area contributed by atoms with Gasteiger partial charge >= 0.3 is 5.97 Å². The first-order valence-corrected chi connectivity index (χ1v) is 14.3. The summed E-state index contributed by atoms with van der Waals surface area (Å²) in [6, 6.07) is 15.8. The number of piperidine rings is 1. The Kier molecular flexibility index (Phi) is 8.97. The van der Waals surface area contributed by atoms with Crippen LogP contribution in [0.3, 0.4) is 0 Å². The molecule has 1 fully saturated rings. The van der Waals surface area contributed by atoms with Gasteiger partial charge in [-0.3, -0.25) is 4.98 Å². The number of anilines is 1. The van der Waals surface area contributed by atoms with E-state index in [2.05, 4.69) is 18.7 Å². The van der Waals surface area contributed by atoms with Crippen molar-refractivity contribution in [2.24, 2.45) is 5.41 Å². The van der Waals surface area contributed by atoms with Crippen molar-refractivity contribution in [3.05, 3.63) is 71.0 Å². The van der Waals surface area contributed by atoms with Gasteiger partial charge in [0.05, 0.1) is 18.4 Å². The maximum atomic E-state index is 12.7. The Balaban J connectivity index is 1.78. The van der Waals surface area contributed by atoms with E-state index in [0.717, 1.165) is 65.5 Å². The zero-order valence-corrected chi connectivity index (χ0v) is 25.7. The highest BCUT2D eigenvalue weighted by atomic mass is 16.5. The number of hydrogen-bond donors (Lipinski definition) is 1. The number of nitrogens with zero attached hydrogens (tertiary/aromatic N) is 2. The molecule has 1 N–H and O–H groups in total. The third kappa shape index (κ3) is 7.20. The molecule has 0 saturated carbocycles. The molecule has 1 aromatic heterocycles. The average molecular weight is 561 g/mol. The molecule has 7 nitrogen and oxygen atoms in total. The number of pyridine rings is 1. The van der Waals surface area contributed by atoms with Gasteiger partial charge in [0.25, 0.3) is 0 Å². The van der Waals surface area contributed by atoms with Gasteiger partial charge in [0.1, 0.15) is 18.1 Å². The van der Waals surface area contributed by atoms with Crippen molar-refractivity contribution in [1.82, 2.24) is 4.98 Å². The van der Waals surface area contributed by atoms with Crippen molar-refractivity contribution in [3.8, 4) is 22.6 Å². The predicted octanol–water partition coefficient (Wildman–Crippen LogP) is 7.52. The minimum absolute atomic E-state index is 0.239. The first-order valence-electron chi connectivity index (χ1n) is 14.3. The van der Waals surface area contributed by atoms with E-state index in [0.29, 0.717) is 17.9 Å². The minimum atomic E-state index is -1.14. The third-order valence-corrected chi connectivity index (χ3v) is 7.70. The normalized spacial score (nSPS) is 15.9. The second-order valence-corrected chi connectivity index (χ2v) is 12.6. The number of carbonyl (C=O) groups is 1. The Hall–Kier alpha value is -3.58. The Morgan fingerprint density at radius 3 is 2.24 bits per heavy atom. The molecule has 1 atom stereocenters. The summed E-state index contributed by atoms with van der Waals surface area (Å²) < 4.78 is 17.7. The van der Waals surface area contributed by atoms with Crippen LogP contribution in [0.5, 0.6) is 11.5 Å². The van der Waals surface area contributed by atoms with Crippen LogP contribution in [0.2, 0.25) is 0 Å². The van der Waals surface area contributed by atoms with Crippen molar-refractivity contribution in [2.45, 2.75) is 79.6 Å². The van der Waals surface area contributed by atoms with Crippen molar-refractivity contribution in [1.29, 1.82) is 0 Å². The number of para-hydroxylation sites is 1. The lowest BCUT2D eigenvalue weighted by Crippen LogP contribution is -2.39. The monoisotopic (exact) mass is 560 g/mol. The van der Waals surface area contributed by atoms with Crippen LogP contribution in [0.15, 0.2) is 48.5 Å². The van der Waals surface area contributed by atoms with Gasteiger partial charge in [-0.05, 0) is 76.6 Å². The fraction of sp³-hybridized carbons (Fsp3) is 0.471. The maximum absolute atomic E-state index is 12.7. The maximum Gasteiger partial charge on any atom is 0.337 e. The Bertz CT molecular complexity index is 1370. The summed E-state index contributed by atoms with van der Waals surface area (Å²) in [6.07, 6.45) is 0.884. The highest BCUT2D eigenvalue weighted by Gasteiger charge is 2.36. The fourth-order valence-corrected chi connectivity index (χ4v) is 5.46. The molecule has 2 aromatic carbocycles. The summed E-state index contributed by atoms with van der Waals surface area (Å²) in [5, 5.41) is 10.4. The largest absolute Gasteiger partial charge is 0.496 e. The van der Waals surface area contributed by atoms with Gasteiger partial charge in [0, 0.05) is 41.2 Å². The number of aromatic nitrogens is 1. The average Bonchev–Trinajstić information content (AvgIpc) is 2.90. The molecule has 3 aromatic rings. The molecule has 2 heterocycles. The molecule has 1 saturated heterocycles. The number of benzene rings is 2. The molecule has 4 rings (SSSR count). The third-order valence-electron chi connectivity index (χ3n) is 7.70. The topological polar surface area (TPSA) is 81.1 Å². The number of ether oxygens (including phenoxy) is 3. The molecule has 7 heteroatoms. The highest BCUT2D eigenvalue weighted by molar-refractivity contribution is 5.88. The van der Waals surface area contributed by atoms with Crippen molar-refractivity contribution in [2.75, 3.05) is 25.1 Å². The summed E-state index contributed by atoms with van der Waals surface area (Å²) in [6.45, 7) is 16.2. The molecule has 0 amide bonds. The molecular formula is C34H44N2O5. The van der Waals surface area contributed by atoms with E-state index in [1.807, 2.05) is 83.1 Å². The van der Waals surface area contributed by atoms with Gasteiger partial charge in [-0.15, -0.1) is 0 Å². The minimum Gasteiger partial charge on any atom is -0.496 e. The van der Waals surface area contributed by atoms with Crippen molar-refractivity contribution < 1.29 is 24.1 Å². The molecule has 220 valence electrons. The van der Waals surface area contributed by atoms with Crippen LogP contribution in [-0.4, -0.2) is 41.9 Å². The SMILES string of the molecule is COc1ccccc1COc1ccc(-c2c(C)nc(C)c(C(OC(C)(C)C)C(=O)O)c2N2CCC(C)(C)CC2)cc1. The lowest BCUT2D eigenvalue weighted by molar-refractivity contribution is -0.160. The van der Waals surface area contributed by atoms with Gasteiger partial charge < -0.3 is 24.2 Å². The lowest BCUT2D eigenvalue weighted by Gasteiger charge is -2.41. The molecule has 1 aliphatic heterocycles. The molecular weight excluding hydrogens is 516 g/mol. The number of methoxy groups -OCH3 is 1. The van der Waals surface area contributed by atoms with Crippen LogP contribution in [0.4, 0.5) is 5.69 Å². The molecule has 41 heavy (non-hydrogen) atoms. The number of aliphatic carboxylic acids is 1. The zero-order chi connectivity index (χ0) is 29.9.